The maximum absolute atomic E-state index is 12.4. The molecule has 1 fully saturated rings. The number of amidine groups is 1. The van der Waals surface area contributed by atoms with Crippen LogP contribution in [-0.4, -0.2) is 76.5 Å². The summed E-state index contributed by atoms with van der Waals surface area (Å²) in [6.45, 7) is 7.40. The van der Waals surface area contributed by atoms with Crippen LogP contribution >= 0.6 is 0 Å². The Kier molecular flexibility index (Phi) is 8.38. The van der Waals surface area contributed by atoms with Crippen molar-refractivity contribution in [3.05, 3.63) is 35.4 Å². The molecule has 1 aliphatic heterocycles. The van der Waals surface area contributed by atoms with Crippen LogP contribution in [-0.2, 0) is 14.2 Å². The average molecular weight is 349 g/mol. The number of hydrogen-bond donors (Lipinski definition) is 1. The number of nitrogens with one attached hydrogen (secondary N) is 1. The van der Waals surface area contributed by atoms with E-state index in [1.54, 1.807) is 13.2 Å². The highest BCUT2D eigenvalue weighted by atomic mass is 16.5. The monoisotopic (exact) mass is 349 g/mol. The van der Waals surface area contributed by atoms with E-state index in [0.717, 1.165) is 38.4 Å². The van der Waals surface area contributed by atoms with Crippen molar-refractivity contribution in [2.75, 3.05) is 59.7 Å². The fraction of sp³-hybridized carbons (Fsp3) is 0.556. The van der Waals surface area contributed by atoms with Crippen LogP contribution in [0.3, 0.4) is 0 Å². The summed E-state index contributed by atoms with van der Waals surface area (Å²) in [4.78, 5) is 19.1. The molecule has 1 amide bonds. The van der Waals surface area contributed by atoms with Crippen molar-refractivity contribution in [2.24, 2.45) is 4.99 Å². The zero-order valence-corrected chi connectivity index (χ0v) is 15.0. The SMILES string of the molecule is COCCOC(=NCCN1CCOCC1)NC(=O)c1cccc(C)c1. The van der Waals surface area contributed by atoms with Gasteiger partial charge < -0.3 is 14.2 Å². The van der Waals surface area contributed by atoms with Gasteiger partial charge in [0.1, 0.15) is 6.61 Å². The molecule has 0 aromatic heterocycles. The lowest BCUT2D eigenvalue weighted by Crippen LogP contribution is -2.38. The molecule has 1 aromatic carbocycles. The Labute approximate surface area is 149 Å². The van der Waals surface area contributed by atoms with E-state index in [1.807, 2.05) is 25.1 Å². The Balaban J connectivity index is 1.91. The van der Waals surface area contributed by atoms with E-state index in [1.165, 1.54) is 0 Å². The largest absolute Gasteiger partial charge is 0.463 e. The molecule has 1 heterocycles. The minimum absolute atomic E-state index is 0.230. The molecule has 0 saturated carbocycles. The molecule has 0 radical (unpaired) electrons. The van der Waals surface area contributed by atoms with Crippen molar-refractivity contribution in [1.29, 1.82) is 0 Å². The molecule has 0 atom stereocenters. The molecule has 0 unspecified atom stereocenters. The van der Waals surface area contributed by atoms with Crippen LogP contribution in [0.4, 0.5) is 0 Å². The first-order chi connectivity index (χ1) is 12.2. The predicted octanol–water partition coefficient (Wildman–Crippen LogP) is 1.08. The van der Waals surface area contributed by atoms with Crippen LogP contribution in [0.1, 0.15) is 15.9 Å². The van der Waals surface area contributed by atoms with Crippen molar-refractivity contribution in [3.8, 4) is 0 Å². The van der Waals surface area contributed by atoms with E-state index >= 15 is 0 Å². The molecule has 1 N–H and O–H groups in total. The summed E-state index contributed by atoms with van der Waals surface area (Å²) >= 11 is 0. The van der Waals surface area contributed by atoms with Gasteiger partial charge in [-0.15, -0.1) is 0 Å². The lowest BCUT2D eigenvalue weighted by Gasteiger charge is -2.25. The van der Waals surface area contributed by atoms with Gasteiger partial charge in [0.2, 0.25) is 0 Å². The molecule has 7 nitrogen and oxygen atoms in total. The molecule has 0 bridgehead atoms. The number of nitrogens with zero attached hydrogens (tertiary/aromatic N) is 2. The van der Waals surface area contributed by atoms with Crippen LogP contribution in [0.15, 0.2) is 29.3 Å². The molecule has 2 rings (SSSR count). The highest BCUT2D eigenvalue weighted by Crippen LogP contribution is 2.04. The van der Waals surface area contributed by atoms with Crippen LogP contribution < -0.4 is 5.32 Å². The Morgan fingerprint density at radius 3 is 2.84 bits per heavy atom. The number of benzene rings is 1. The van der Waals surface area contributed by atoms with Gasteiger partial charge in [-0.3, -0.25) is 15.0 Å². The number of rotatable bonds is 7. The topological polar surface area (TPSA) is 72.4 Å². The third kappa shape index (κ3) is 7.21. The summed E-state index contributed by atoms with van der Waals surface area (Å²) in [5.41, 5.74) is 1.61. The highest BCUT2D eigenvalue weighted by Gasteiger charge is 2.12. The van der Waals surface area contributed by atoms with E-state index in [2.05, 4.69) is 15.2 Å². The Bertz CT molecular complexity index is 571. The number of aliphatic imine (C=N–C) groups is 1. The molecule has 25 heavy (non-hydrogen) atoms. The van der Waals surface area contributed by atoms with Gasteiger partial charge in [-0.25, -0.2) is 4.99 Å². The third-order valence-corrected chi connectivity index (χ3v) is 3.80. The lowest BCUT2D eigenvalue weighted by atomic mass is 10.1. The standard InChI is InChI=1S/C18H27N3O4/c1-15-4-3-5-16(14-15)17(22)20-18(25-13-12-23-2)19-6-7-21-8-10-24-11-9-21/h3-5,14H,6-13H2,1-2H3,(H,19,20,22). The van der Waals surface area contributed by atoms with E-state index in [-0.39, 0.29) is 11.9 Å². The minimum Gasteiger partial charge on any atom is -0.463 e. The van der Waals surface area contributed by atoms with E-state index < -0.39 is 0 Å². The molecular weight excluding hydrogens is 322 g/mol. The maximum atomic E-state index is 12.4. The van der Waals surface area contributed by atoms with Crippen LogP contribution in [0.5, 0.6) is 0 Å². The second kappa shape index (κ2) is 10.8. The molecule has 1 saturated heterocycles. The predicted molar refractivity (Wildman–Crippen MR) is 96.0 cm³/mol. The Morgan fingerprint density at radius 1 is 1.32 bits per heavy atom. The smallest absolute Gasteiger partial charge is 0.291 e. The number of methoxy groups -OCH3 is 1. The number of morpholine rings is 1. The van der Waals surface area contributed by atoms with Gasteiger partial charge in [-0.1, -0.05) is 17.7 Å². The van der Waals surface area contributed by atoms with Crippen LogP contribution in [0.2, 0.25) is 0 Å². The second-order valence-corrected chi connectivity index (χ2v) is 5.81. The molecule has 1 aromatic rings. The first-order valence-corrected chi connectivity index (χ1v) is 8.53. The normalized spacial score (nSPS) is 15.8. The summed E-state index contributed by atoms with van der Waals surface area (Å²) in [7, 11) is 1.60. The lowest BCUT2D eigenvalue weighted by molar-refractivity contribution is 0.0393. The summed E-state index contributed by atoms with van der Waals surface area (Å²) in [6.07, 6.45) is 0. The summed E-state index contributed by atoms with van der Waals surface area (Å²) in [5.74, 6) is -0.230. The number of carbonyl (C=O) groups excluding carboxylic acids is 1. The van der Waals surface area contributed by atoms with Gasteiger partial charge in [-0.2, -0.15) is 0 Å². The maximum Gasteiger partial charge on any atom is 0.291 e. The van der Waals surface area contributed by atoms with Gasteiger partial charge >= 0.3 is 0 Å². The number of aryl methyl sites for hydroxylation is 1. The Morgan fingerprint density at radius 2 is 2.12 bits per heavy atom. The molecule has 7 heteroatoms. The molecule has 0 spiro atoms. The first kappa shape index (κ1) is 19.4. The zero-order valence-electron chi connectivity index (χ0n) is 15.0. The minimum atomic E-state index is -0.230. The fourth-order valence-electron chi connectivity index (χ4n) is 2.42. The first-order valence-electron chi connectivity index (χ1n) is 8.53. The van der Waals surface area contributed by atoms with Gasteiger partial charge in [0.25, 0.3) is 11.9 Å². The van der Waals surface area contributed by atoms with Crippen molar-refractivity contribution >= 4 is 11.9 Å². The van der Waals surface area contributed by atoms with Crippen molar-refractivity contribution in [3.63, 3.8) is 0 Å². The molecular formula is C18H27N3O4. The van der Waals surface area contributed by atoms with Gasteiger partial charge in [0.05, 0.1) is 26.4 Å². The highest BCUT2D eigenvalue weighted by molar-refractivity contribution is 6.04. The van der Waals surface area contributed by atoms with Crippen molar-refractivity contribution in [1.82, 2.24) is 10.2 Å². The van der Waals surface area contributed by atoms with E-state index in [0.29, 0.717) is 25.3 Å². The van der Waals surface area contributed by atoms with Gasteiger partial charge in [0, 0.05) is 32.3 Å². The summed E-state index contributed by atoms with van der Waals surface area (Å²) in [6, 6.07) is 7.63. The van der Waals surface area contributed by atoms with Gasteiger partial charge in [0.15, 0.2) is 0 Å². The van der Waals surface area contributed by atoms with Crippen molar-refractivity contribution < 1.29 is 19.0 Å². The summed E-state index contributed by atoms with van der Waals surface area (Å²) < 4.78 is 15.9. The third-order valence-electron chi connectivity index (χ3n) is 3.80. The number of ether oxygens (including phenoxy) is 3. The number of amides is 1. The number of carbonyl (C=O) groups is 1. The fourth-order valence-corrected chi connectivity index (χ4v) is 2.42. The second-order valence-electron chi connectivity index (χ2n) is 5.81. The van der Waals surface area contributed by atoms with Gasteiger partial charge in [-0.05, 0) is 19.1 Å². The summed E-state index contributed by atoms with van der Waals surface area (Å²) in [5, 5.41) is 2.75. The molecule has 1 aliphatic rings. The van der Waals surface area contributed by atoms with E-state index in [9.17, 15) is 4.79 Å². The van der Waals surface area contributed by atoms with Crippen LogP contribution in [0.25, 0.3) is 0 Å². The zero-order chi connectivity index (χ0) is 17.9. The van der Waals surface area contributed by atoms with Crippen LogP contribution in [0, 0.1) is 6.92 Å². The van der Waals surface area contributed by atoms with Crippen molar-refractivity contribution in [2.45, 2.75) is 6.92 Å². The van der Waals surface area contributed by atoms with E-state index in [4.69, 9.17) is 14.2 Å². The average Bonchev–Trinajstić information content (AvgIpc) is 2.62. The molecule has 0 aliphatic carbocycles. The Hall–Kier alpha value is -1.96. The quantitative estimate of drug-likeness (QED) is 0.453. The molecule has 138 valence electrons. The number of hydrogen-bond acceptors (Lipinski definition) is 6.